The minimum atomic E-state index is -1.82. The van der Waals surface area contributed by atoms with Gasteiger partial charge in [-0.2, -0.15) is 0 Å². The van der Waals surface area contributed by atoms with E-state index in [9.17, 15) is 9.59 Å². The van der Waals surface area contributed by atoms with E-state index >= 15 is 0 Å². The van der Waals surface area contributed by atoms with Crippen LogP contribution in [0.25, 0.3) is 0 Å². The van der Waals surface area contributed by atoms with Crippen LogP contribution in [0.15, 0.2) is 60.7 Å². The van der Waals surface area contributed by atoms with E-state index in [1.807, 2.05) is 41.3 Å². The van der Waals surface area contributed by atoms with E-state index in [4.69, 9.17) is 19.8 Å². The first-order valence-corrected chi connectivity index (χ1v) is 11.9. The zero-order valence-electron chi connectivity index (χ0n) is 19.9. The molecule has 1 aliphatic carbocycles. The number of carboxylic acid groups (broad SMARTS) is 2. The fourth-order valence-electron chi connectivity index (χ4n) is 4.49. The lowest BCUT2D eigenvalue weighted by molar-refractivity contribution is -0.159. The number of carboxylic acids is 2. The van der Waals surface area contributed by atoms with Gasteiger partial charge in [-0.15, -0.1) is 0 Å². The summed E-state index contributed by atoms with van der Waals surface area (Å²) in [6, 6.07) is 20.3. The maximum absolute atomic E-state index is 13.3. The van der Waals surface area contributed by atoms with Gasteiger partial charge in [0.05, 0.1) is 0 Å². The Balaban J connectivity index is 0.000000509. The van der Waals surface area contributed by atoms with Gasteiger partial charge in [0.15, 0.2) is 5.78 Å². The van der Waals surface area contributed by atoms with Crippen LogP contribution < -0.4 is 4.90 Å². The number of nitrogens with zero attached hydrogens (tertiary/aromatic N) is 2. The highest BCUT2D eigenvalue weighted by Crippen LogP contribution is 2.40. The number of amides is 1. The molecule has 2 aliphatic rings. The summed E-state index contributed by atoms with van der Waals surface area (Å²) in [5.41, 5.74) is 1.48. The Hall–Kier alpha value is -3.52. The van der Waals surface area contributed by atoms with Crippen LogP contribution in [0.4, 0.5) is 5.69 Å². The van der Waals surface area contributed by atoms with E-state index in [0.29, 0.717) is 12.8 Å². The molecule has 0 aromatic heterocycles. The van der Waals surface area contributed by atoms with Crippen molar-refractivity contribution < 1.29 is 29.4 Å². The van der Waals surface area contributed by atoms with Crippen LogP contribution in [0.3, 0.4) is 0 Å². The van der Waals surface area contributed by atoms with Crippen molar-refractivity contribution in [3.8, 4) is 0 Å². The smallest absolute Gasteiger partial charge is 0.414 e. The number of rotatable bonds is 7. The van der Waals surface area contributed by atoms with Gasteiger partial charge in [-0.05, 0) is 56.7 Å². The lowest BCUT2D eigenvalue weighted by atomic mass is 9.81. The average Bonchev–Trinajstić information content (AvgIpc) is 3.71. The number of para-hydroxylation sites is 1. The second-order valence-electron chi connectivity index (χ2n) is 9.06. The molecule has 0 atom stereocenters. The summed E-state index contributed by atoms with van der Waals surface area (Å²) in [5, 5.41) is 14.8. The Morgan fingerprint density at radius 3 is 1.86 bits per heavy atom. The second-order valence-corrected chi connectivity index (χ2v) is 9.06. The van der Waals surface area contributed by atoms with E-state index in [1.54, 1.807) is 6.92 Å². The second kappa shape index (κ2) is 11.8. The van der Waals surface area contributed by atoms with Crippen LogP contribution in [-0.4, -0.2) is 63.9 Å². The molecule has 1 saturated heterocycles. The van der Waals surface area contributed by atoms with Gasteiger partial charge in [-0.25, -0.2) is 9.59 Å². The maximum Gasteiger partial charge on any atom is 0.414 e. The Kier molecular flexibility index (Phi) is 8.76. The number of benzene rings is 2. The average molecular weight is 481 g/mol. The molecule has 1 heterocycles. The number of hydrogen-bond acceptors (Lipinski definition) is 5. The molecule has 1 aliphatic heterocycles. The predicted octanol–water partition coefficient (Wildman–Crippen LogP) is 3.25. The van der Waals surface area contributed by atoms with E-state index in [1.165, 1.54) is 5.56 Å². The fraction of sp³-hybridized carbons (Fsp3) is 0.407. The lowest BCUT2D eigenvalue weighted by Gasteiger charge is -2.47. The Labute approximate surface area is 205 Å². The molecule has 1 amide bonds. The summed E-state index contributed by atoms with van der Waals surface area (Å²) >= 11 is 0. The third kappa shape index (κ3) is 6.76. The molecular formula is C27H32N2O6. The number of Topliss-reactive ketones (excluding diaryl/α,β-unsaturated/α-hetero) is 1. The molecular weight excluding hydrogens is 448 g/mol. The van der Waals surface area contributed by atoms with Gasteiger partial charge >= 0.3 is 11.9 Å². The molecule has 186 valence electrons. The quantitative estimate of drug-likeness (QED) is 0.585. The highest BCUT2D eigenvalue weighted by molar-refractivity contribution is 6.27. The molecule has 0 spiro atoms. The molecule has 2 aromatic carbocycles. The Morgan fingerprint density at radius 2 is 1.40 bits per heavy atom. The van der Waals surface area contributed by atoms with Crippen LogP contribution in [0.5, 0.6) is 0 Å². The Bertz CT molecular complexity index is 1020. The number of carbonyl (C=O) groups is 4. The number of piperidine rings is 1. The van der Waals surface area contributed by atoms with Crippen molar-refractivity contribution in [1.82, 2.24) is 4.90 Å². The summed E-state index contributed by atoms with van der Waals surface area (Å²) in [6.45, 7) is 4.33. The standard InChI is InChI=1S/C25H30N2O2.C2H2O4/c1-20(28)25(27(24(29)22-12-13-22)23-10-6-3-7-11-23)15-18-26(19-16-25)17-14-21-8-4-2-5-9-21;3-1(4)2(5)6/h2-11,22H,12-19H2,1H3;(H,3,4)(H,5,6). The van der Waals surface area contributed by atoms with Gasteiger partial charge < -0.3 is 15.1 Å². The molecule has 4 rings (SSSR count). The first-order chi connectivity index (χ1) is 16.7. The van der Waals surface area contributed by atoms with Crippen LogP contribution in [0.2, 0.25) is 0 Å². The zero-order valence-corrected chi connectivity index (χ0v) is 19.9. The van der Waals surface area contributed by atoms with Gasteiger partial charge in [0.25, 0.3) is 0 Å². The summed E-state index contributed by atoms with van der Waals surface area (Å²) in [7, 11) is 0. The van der Waals surface area contributed by atoms with Crippen molar-refractivity contribution in [2.24, 2.45) is 5.92 Å². The minimum absolute atomic E-state index is 0.0857. The number of ketones is 1. The first-order valence-electron chi connectivity index (χ1n) is 11.9. The molecule has 2 N–H and O–H groups in total. The highest BCUT2D eigenvalue weighted by Gasteiger charge is 2.49. The van der Waals surface area contributed by atoms with Gasteiger partial charge in [0.2, 0.25) is 5.91 Å². The van der Waals surface area contributed by atoms with Crippen molar-refractivity contribution in [2.75, 3.05) is 24.5 Å². The van der Waals surface area contributed by atoms with Gasteiger partial charge in [-0.1, -0.05) is 48.5 Å². The van der Waals surface area contributed by atoms with Crippen molar-refractivity contribution in [2.45, 2.75) is 44.6 Å². The third-order valence-corrected chi connectivity index (χ3v) is 6.67. The summed E-state index contributed by atoms with van der Waals surface area (Å²) in [5.74, 6) is -3.32. The molecule has 8 heteroatoms. The van der Waals surface area contributed by atoms with Crippen molar-refractivity contribution in [3.63, 3.8) is 0 Å². The molecule has 35 heavy (non-hydrogen) atoms. The zero-order chi connectivity index (χ0) is 25.4. The summed E-state index contributed by atoms with van der Waals surface area (Å²) in [6.07, 6.45) is 4.30. The normalized spacial score (nSPS) is 16.9. The van der Waals surface area contributed by atoms with Gasteiger partial charge in [-0.3, -0.25) is 14.5 Å². The molecule has 8 nitrogen and oxygen atoms in total. The number of anilines is 1. The van der Waals surface area contributed by atoms with Crippen LogP contribution >= 0.6 is 0 Å². The lowest BCUT2D eigenvalue weighted by Crippen LogP contribution is -2.62. The largest absolute Gasteiger partial charge is 0.473 e. The fourth-order valence-corrected chi connectivity index (χ4v) is 4.49. The molecule has 2 aromatic rings. The number of hydrogen-bond donors (Lipinski definition) is 2. The summed E-state index contributed by atoms with van der Waals surface area (Å²) < 4.78 is 0. The van der Waals surface area contributed by atoms with Crippen LogP contribution in [0, 0.1) is 5.92 Å². The molecule has 2 fully saturated rings. The van der Waals surface area contributed by atoms with E-state index in [0.717, 1.165) is 44.6 Å². The van der Waals surface area contributed by atoms with Crippen molar-refractivity contribution in [1.29, 1.82) is 0 Å². The van der Waals surface area contributed by atoms with Crippen molar-refractivity contribution in [3.05, 3.63) is 66.2 Å². The van der Waals surface area contributed by atoms with E-state index in [-0.39, 0.29) is 17.6 Å². The van der Waals surface area contributed by atoms with Crippen molar-refractivity contribution >= 4 is 29.3 Å². The van der Waals surface area contributed by atoms with Gasteiger partial charge in [0, 0.05) is 31.2 Å². The van der Waals surface area contributed by atoms with Crippen LogP contribution in [0.1, 0.15) is 38.2 Å². The van der Waals surface area contributed by atoms with Gasteiger partial charge in [0.1, 0.15) is 5.54 Å². The Morgan fingerprint density at radius 1 is 0.886 bits per heavy atom. The van der Waals surface area contributed by atoms with E-state index < -0.39 is 17.5 Å². The van der Waals surface area contributed by atoms with Crippen LogP contribution in [-0.2, 0) is 25.6 Å². The minimum Gasteiger partial charge on any atom is -0.473 e. The molecule has 0 radical (unpaired) electrons. The number of likely N-dealkylation sites (tertiary alicyclic amines) is 1. The first kappa shape index (κ1) is 26.1. The SMILES string of the molecule is CC(=O)C1(N(C(=O)C2CC2)c2ccccc2)CCN(CCc2ccccc2)CC1.O=C(O)C(=O)O. The number of carbonyl (C=O) groups excluding carboxylic acids is 2. The number of aliphatic carboxylic acids is 2. The summed E-state index contributed by atoms with van der Waals surface area (Å²) in [4.78, 5) is 48.7. The molecule has 1 saturated carbocycles. The predicted molar refractivity (Wildman–Crippen MR) is 131 cm³/mol. The molecule has 0 bridgehead atoms. The third-order valence-electron chi connectivity index (χ3n) is 6.67. The maximum atomic E-state index is 13.3. The van der Waals surface area contributed by atoms with E-state index in [2.05, 4.69) is 29.2 Å². The topological polar surface area (TPSA) is 115 Å². The molecule has 0 unspecified atom stereocenters. The highest BCUT2D eigenvalue weighted by atomic mass is 16.4. The monoisotopic (exact) mass is 480 g/mol.